The summed E-state index contributed by atoms with van der Waals surface area (Å²) in [4.78, 5) is 23.6. The Labute approximate surface area is 125 Å². The van der Waals surface area contributed by atoms with E-state index < -0.39 is 0 Å². The maximum Gasteiger partial charge on any atom is 0.220 e. The second-order valence-corrected chi connectivity index (χ2v) is 4.80. The van der Waals surface area contributed by atoms with E-state index in [1.54, 1.807) is 31.4 Å². The van der Waals surface area contributed by atoms with Crippen molar-refractivity contribution in [3.63, 3.8) is 0 Å². The summed E-state index contributed by atoms with van der Waals surface area (Å²) in [7, 11) is 1.58. The molecule has 21 heavy (non-hydrogen) atoms. The lowest BCUT2D eigenvalue weighted by Crippen LogP contribution is -2.35. The molecule has 0 heterocycles. The molecule has 0 fully saturated rings. The molecule has 1 amide bonds. The largest absolute Gasteiger partial charge is 0.494 e. The lowest BCUT2D eigenvalue weighted by molar-refractivity contribution is -0.122. The maximum absolute atomic E-state index is 12.0. The fourth-order valence-electron chi connectivity index (χ4n) is 1.91. The van der Waals surface area contributed by atoms with Crippen LogP contribution in [0.1, 0.15) is 37.0 Å². The normalized spacial score (nSPS) is 11.8. The zero-order valence-corrected chi connectivity index (χ0v) is 12.8. The smallest absolute Gasteiger partial charge is 0.220 e. The molecular weight excluding hydrogens is 270 g/mol. The highest BCUT2D eigenvalue weighted by Gasteiger charge is 2.11. The first kappa shape index (κ1) is 17.2. The minimum absolute atomic E-state index is 0.0485. The van der Waals surface area contributed by atoms with Crippen molar-refractivity contribution in [2.45, 2.75) is 32.7 Å². The summed E-state index contributed by atoms with van der Waals surface area (Å²) in [5.41, 5.74) is 0.594. The van der Waals surface area contributed by atoms with Gasteiger partial charge >= 0.3 is 0 Å². The maximum atomic E-state index is 12.0. The molecule has 1 aromatic rings. The van der Waals surface area contributed by atoms with E-state index in [-0.39, 0.29) is 30.6 Å². The number of nitrogens with one attached hydrogen (secondary N) is 1. The molecule has 5 heteroatoms. The molecule has 1 aromatic carbocycles. The Kier molecular flexibility index (Phi) is 7.46. The molecule has 1 rings (SSSR count). The highest BCUT2D eigenvalue weighted by atomic mass is 16.5. The second-order valence-electron chi connectivity index (χ2n) is 4.80. The highest BCUT2D eigenvalue weighted by Crippen LogP contribution is 2.14. The molecule has 1 N–H and O–H groups in total. The number of hydrogen-bond donors (Lipinski definition) is 1. The number of ketones is 1. The van der Waals surface area contributed by atoms with Crippen LogP contribution in [0.2, 0.25) is 0 Å². The molecule has 0 aliphatic carbocycles. The number of benzene rings is 1. The van der Waals surface area contributed by atoms with E-state index in [2.05, 4.69) is 5.32 Å². The molecule has 0 saturated carbocycles. The summed E-state index contributed by atoms with van der Waals surface area (Å²) >= 11 is 0. The molecule has 0 aromatic heterocycles. The zero-order chi connectivity index (χ0) is 15.7. The van der Waals surface area contributed by atoms with E-state index in [9.17, 15) is 9.59 Å². The van der Waals surface area contributed by atoms with Crippen LogP contribution in [-0.2, 0) is 9.53 Å². The van der Waals surface area contributed by atoms with Crippen molar-refractivity contribution in [2.75, 3.05) is 20.3 Å². The average Bonchev–Trinajstić information content (AvgIpc) is 2.46. The molecule has 0 bridgehead atoms. The van der Waals surface area contributed by atoms with Crippen molar-refractivity contribution >= 4 is 11.7 Å². The molecule has 0 aliphatic rings. The van der Waals surface area contributed by atoms with Crippen molar-refractivity contribution in [1.29, 1.82) is 0 Å². The Morgan fingerprint density at radius 3 is 2.43 bits per heavy atom. The second kappa shape index (κ2) is 9.13. The number of hydrogen-bond acceptors (Lipinski definition) is 4. The van der Waals surface area contributed by atoms with Gasteiger partial charge in [-0.05, 0) is 38.1 Å². The molecular formula is C16H23NO4. The molecule has 0 radical (unpaired) electrons. The zero-order valence-electron chi connectivity index (χ0n) is 12.8. The van der Waals surface area contributed by atoms with Crippen LogP contribution in [0.5, 0.6) is 5.75 Å². The fraction of sp³-hybridized carbons (Fsp3) is 0.500. The van der Waals surface area contributed by atoms with Crippen LogP contribution >= 0.6 is 0 Å². The molecule has 0 aliphatic heterocycles. The third-order valence-corrected chi connectivity index (χ3v) is 2.89. The predicted octanol–water partition coefficient (Wildman–Crippen LogP) is 2.20. The van der Waals surface area contributed by atoms with E-state index >= 15 is 0 Å². The molecule has 1 atom stereocenters. The van der Waals surface area contributed by atoms with Crippen molar-refractivity contribution in [3.05, 3.63) is 29.8 Å². The Morgan fingerprint density at radius 2 is 1.86 bits per heavy atom. The van der Waals surface area contributed by atoms with E-state index in [4.69, 9.17) is 9.47 Å². The first-order chi connectivity index (χ1) is 10.1. The first-order valence-corrected chi connectivity index (χ1v) is 7.11. The SMILES string of the molecule is CCOc1ccc(C(=O)CCC(=O)NC(C)COC)cc1. The van der Waals surface area contributed by atoms with Crippen LogP contribution in [0.3, 0.4) is 0 Å². The Hall–Kier alpha value is -1.88. The Bertz CT molecular complexity index is 456. The summed E-state index contributed by atoms with van der Waals surface area (Å²) in [6.07, 6.45) is 0.375. The lowest BCUT2D eigenvalue weighted by atomic mass is 10.1. The summed E-state index contributed by atoms with van der Waals surface area (Å²) in [6.45, 7) is 4.81. The van der Waals surface area contributed by atoms with Gasteiger partial charge in [0.05, 0.1) is 13.2 Å². The van der Waals surface area contributed by atoms with E-state index in [1.807, 2.05) is 13.8 Å². The highest BCUT2D eigenvalue weighted by molar-refractivity contribution is 5.98. The van der Waals surface area contributed by atoms with Gasteiger partial charge in [0.25, 0.3) is 0 Å². The van der Waals surface area contributed by atoms with Gasteiger partial charge in [0.15, 0.2) is 5.78 Å². The number of ether oxygens (including phenoxy) is 2. The van der Waals surface area contributed by atoms with Crippen LogP contribution in [-0.4, -0.2) is 38.1 Å². The molecule has 5 nitrogen and oxygen atoms in total. The number of methoxy groups -OCH3 is 1. The molecule has 0 spiro atoms. The van der Waals surface area contributed by atoms with Crippen LogP contribution < -0.4 is 10.1 Å². The summed E-state index contributed by atoms with van der Waals surface area (Å²) < 4.78 is 10.3. The van der Waals surface area contributed by atoms with Crippen molar-refractivity contribution in [3.8, 4) is 5.75 Å². The van der Waals surface area contributed by atoms with Crippen LogP contribution in [0.15, 0.2) is 24.3 Å². The van der Waals surface area contributed by atoms with Gasteiger partial charge in [-0.25, -0.2) is 0 Å². The lowest BCUT2D eigenvalue weighted by Gasteiger charge is -2.12. The monoisotopic (exact) mass is 293 g/mol. The summed E-state index contributed by atoms with van der Waals surface area (Å²) in [5, 5.41) is 2.78. The number of carbonyl (C=O) groups excluding carboxylic acids is 2. The quantitative estimate of drug-likeness (QED) is 0.709. The Morgan fingerprint density at radius 1 is 1.19 bits per heavy atom. The van der Waals surface area contributed by atoms with E-state index in [0.29, 0.717) is 18.8 Å². The van der Waals surface area contributed by atoms with Gasteiger partial charge in [0, 0.05) is 31.6 Å². The van der Waals surface area contributed by atoms with Gasteiger partial charge in [-0.2, -0.15) is 0 Å². The van der Waals surface area contributed by atoms with Gasteiger partial charge in [-0.15, -0.1) is 0 Å². The average molecular weight is 293 g/mol. The summed E-state index contributed by atoms with van der Waals surface area (Å²) in [6, 6.07) is 6.91. The van der Waals surface area contributed by atoms with Crippen molar-refractivity contribution < 1.29 is 19.1 Å². The molecule has 1 unspecified atom stereocenters. The Balaban J connectivity index is 2.41. The van der Waals surface area contributed by atoms with Gasteiger partial charge in [0.2, 0.25) is 5.91 Å². The van der Waals surface area contributed by atoms with Crippen LogP contribution in [0.25, 0.3) is 0 Å². The first-order valence-electron chi connectivity index (χ1n) is 7.11. The fourth-order valence-corrected chi connectivity index (χ4v) is 1.91. The van der Waals surface area contributed by atoms with Crippen molar-refractivity contribution in [1.82, 2.24) is 5.32 Å². The number of Topliss-reactive ketones (excluding diaryl/α,β-unsaturated/α-hetero) is 1. The standard InChI is InChI=1S/C16H23NO4/c1-4-21-14-7-5-13(6-8-14)15(18)9-10-16(19)17-12(2)11-20-3/h5-8,12H,4,9-11H2,1-3H3,(H,17,19). The van der Waals surface area contributed by atoms with Crippen molar-refractivity contribution in [2.24, 2.45) is 0 Å². The topological polar surface area (TPSA) is 64.6 Å². The summed E-state index contributed by atoms with van der Waals surface area (Å²) in [5.74, 6) is 0.548. The van der Waals surface area contributed by atoms with E-state index in [0.717, 1.165) is 5.75 Å². The van der Waals surface area contributed by atoms with Gasteiger partial charge in [0.1, 0.15) is 5.75 Å². The van der Waals surface area contributed by atoms with Gasteiger partial charge < -0.3 is 14.8 Å². The number of amides is 1. The predicted molar refractivity (Wildman–Crippen MR) is 80.7 cm³/mol. The number of carbonyl (C=O) groups is 2. The molecule has 116 valence electrons. The minimum Gasteiger partial charge on any atom is -0.494 e. The third-order valence-electron chi connectivity index (χ3n) is 2.89. The van der Waals surface area contributed by atoms with Gasteiger partial charge in [-0.1, -0.05) is 0 Å². The van der Waals surface area contributed by atoms with Crippen LogP contribution in [0.4, 0.5) is 0 Å². The van der Waals surface area contributed by atoms with Gasteiger partial charge in [-0.3, -0.25) is 9.59 Å². The third kappa shape index (κ3) is 6.40. The minimum atomic E-state index is -0.140. The van der Waals surface area contributed by atoms with E-state index in [1.165, 1.54) is 0 Å². The van der Waals surface area contributed by atoms with Crippen LogP contribution in [0, 0.1) is 0 Å². The molecule has 0 saturated heterocycles. The number of rotatable bonds is 9.